The van der Waals surface area contributed by atoms with Gasteiger partial charge in [0.25, 0.3) is 0 Å². The van der Waals surface area contributed by atoms with Crippen LogP contribution in [-0.4, -0.2) is 17.2 Å². The summed E-state index contributed by atoms with van der Waals surface area (Å²) >= 11 is 0. The van der Waals surface area contributed by atoms with E-state index in [0.29, 0.717) is 0 Å². The van der Waals surface area contributed by atoms with Gasteiger partial charge in [0.2, 0.25) is 0 Å². The molecule has 0 bridgehead atoms. The van der Waals surface area contributed by atoms with Gasteiger partial charge >= 0.3 is 0 Å². The number of aliphatic hydroxyl groups is 1. The molecule has 1 unspecified atom stereocenters. The molecule has 1 aromatic heterocycles. The number of hydrogen-bond donors (Lipinski definition) is 1. The van der Waals surface area contributed by atoms with Crippen LogP contribution in [-0.2, 0) is 17.3 Å². The molecule has 1 aliphatic rings. The molecule has 146 valence electrons. The van der Waals surface area contributed by atoms with E-state index in [9.17, 15) is 5.11 Å². The van der Waals surface area contributed by atoms with Crippen molar-refractivity contribution in [3.05, 3.63) is 46.6 Å². The van der Waals surface area contributed by atoms with Crippen molar-refractivity contribution in [2.75, 3.05) is 7.11 Å². The van der Waals surface area contributed by atoms with Crippen molar-refractivity contribution in [2.45, 2.75) is 77.7 Å². The summed E-state index contributed by atoms with van der Waals surface area (Å²) in [5.41, 5.74) is 6.33. The van der Waals surface area contributed by atoms with Gasteiger partial charge in [-0.05, 0) is 53.9 Å². The first-order valence-corrected chi connectivity index (χ1v) is 9.93. The number of hydrogen-bond acceptors (Lipinski definition) is 3. The summed E-state index contributed by atoms with van der Waals surface area (Å²) in [4.78, 5) is 4.88. The minimum Gasteiger partial charge on any atom is -0.496 e. The van der Waals surface area contributed by atoms with Crippen molar-refractivity contribution in [3.8, 4) is 17.0 Å². The Kier molecular flexibility index (Phi) is 5.11. The molecule has 27 heavy (non-hydrogen) atoms. The van der Waals surface area contributed by atoms with Crippen LogP contribution < -0.4 is 4.74 Å². The second-order valence-corrected chi connectivity index (χ2v) is 9.75. The highest BCUT2D eigenvalue weighted by Gasteiger charge is 2.28. The van der Waals surface area contributed by atoms with Crippen LogP contribution in [0.4, 0.5) is 0 Å². The van der Waals surface area contributed by atoms with Crippen molar-refractivity contribution >= 4 is 0 Å². The lowest BCUT2D eigenvalue weighted by Crippen LogP contribution is -2.19. The predicted molar refractivity (Wildman–Crippen MR) is 112 cm³/mol. The van der Waals surface area contributed by atoms with Gasteiger partial charge in [0.15, 0.2) is 0 Å². The molecular formula is C24H33NO2. The Bertz CT molecular complexity index is 805. The lowest BCUT2D eigenvalue weighted by atomic mass is 9.78. The number of fused-ring (bicyclic) bond motifs is 1. The van der Waals surface area contributed by atoms with Gasteiger partial charge in [0, 0.05) is 16.7 Å². The number of aromatic nitrogens is 1. The van der Waals surface area contributed by atoms with Gasteiger partial charge in [0.05, 0.1) is 24.6 Å². The fraction of sp³-hybridized carbons (Fsp3) is 0.542. The molecule has 3 rings (SSSR count). The highest BCUT2D eigenvalue weighted by Crippen LogP contribution is 2.42. The summed E-state index contributed by atoms with van der Waals surface area (Å²) in [5, 5.41) is 10.4. The highest BCUT2D eigenvalue weighted by atomic mass is 16.5. The van der Waals surface area contributed by atoms with Gasteiger partial charge in [-0.25, -0.2) is 4.98 Å². The van der Waals surface area contributed by atoms with Gasteiger partial charge < -0.3 is 9.84 Å². The lowest BCUT2D eigenvalue weighted by Gasteiger charge is -2.30. The van der Waals surface area contributed by atoms with Crippen molar-refractivity contribution in [3.63, 3.8) is 0 Å². The molecule has 0 saturated heterocycles. The smallest absolute Gasteiger partial charge is 0.126 e. The SMILES string of the molecule is COc1c(C(C)(C)C)cc(-c2ccc3c(n2)C(O)CCC3)cc1C(C)(C)C. The number of aliphatic hydroxyl groups excluding tert-OH is 1. The average Bonchev–Trinajstić information content (AvgIpc) is 2.59. The Hall–Kier alpha value is -1.87. The van der Waals surface area contributed by atoms with E-state index >= 15 is 0 Å². The average molecular weight is 368 g/mol. The first-order chi connectivity index (χ1) is 12.5. The van der Waals surface area contributed by atoms with E-state index in [-0.39, 0.29) is 10.8 Å². The van der Waals surface area contributed by atoms with Crippen LogP contribution in [0.2, 0.25) is 0 Å². The monoisotopic (exact) mass is 367 g/mol. The molecule has 3 heteroatoms. The first-order valence-electron chi connectivity index (χ1n) is 9.93. The molecule has 0 amide bonds. The maximum Gasteiger partial charge on any atom is 0.126 e. The number of rotatable bonds is 2. The number of aryl methyl sites for hydroxylation is 1. The molecule has 1 aromatic carbocycles. The fourth-order valence-corrected chi connectivity index (χ4v) is 3.90. The van der Waals surface area contributed by atoms with Crippen LogP contribution in [0.3, 0.4) is 0 Å². The normalized spacial score (nSPS) is 17.6. The minimum absolute atomic E-state index is 0.0466. The first kappa shape index (κ1) is 19.9. The lowest BCUT2D eigenvalue weighted by molar-refractivity contribution is 0.151. The van der Waals surface area contributed by atoms with E-state index in [1.165, 1.54) is 16.7 Å². The van der Waals surface area contributed by atoms with Crippen molar-refractivity contribution in [2.24, 2.45) is 0 Å². The molecule has 0 saturated carbocycles. The summed E-state index contributed by atoms with van der Waals surface area (Å²) < 4.78 is 5.87. The van der Waals surface area contributed by atoms with Crippen LogP contribution in [0.1, 0.15) is 82.9 Å². The van der Waals surface area contributed by atoms with E-state index in [4.69, 9.17) is 9.72 Å². The third kappa shape index (κ3) is 3.89. The largest absolute Gasteiger partial charge is 0.496 e. The summed E-state index contributed by atoms with van der Waals surface area (Å²) in [6, 6.07) is 8.64. The summed E-state index contributed by atoms with van der Waals surface area (Å²) in [5.74, 6) is 0.969. The van der Waals surface area contributed by atoms with Crippen molar-refractivity contribution < 1.29 is 9.84 Å². The molecule has 1 aliphatic carbocycles. The van der Waals surface area contributed by atoms with Crippen molar-refractivity contribution in [1.29, 1.82) is 0 Å². The van der Waals surface area contributed by atoms with Gasteiger partial charge in [0.1, 0.15) is 5.75 Å². The van der Waals surface area contributed by atoms with Crippen LogP contribution in [0, 0.1) is 0 Å². The summed E-state index contributed by atoms with van der Waals surface area (Å²) in [6.45, 7) is 13.3. The Morgan fingerprint density at radius 3 is 2.11 bits per heavy atom. The third-order valence-corrected chi connectivity index (χ3v) is 5.46. The molecule has 3 nitrogen and oxygen atoms in total. The quantitative estimate of drug-likeness (QED) is 0.738. The van der Waals surface area contributed by atoms with Gasteiger partial charge in [-0.15, -0.1) is 0 Å². The molecule has 1 heterocycles. The zero-order valence-electron chi connectivity index (χ0n) is 17.8. The summed E-state index contributed by atoms with van der Waals surface area (Å²) in [7, 11) is 1.76. The van der Waals surface area contributed by atoms with Gasteiger partial charge in [-0.3, -0.25) is 0 Å². The predicted octanol–water partition coefficient (Wildman–Crippen LogP) is 5.72. The number of nitrogens with zero attached hydrogens (tertiary/aromatic N) is 1. The minimum atomic E-state index is -0.448. The second kappa shape index (κ2) is 6.94. The topological polar surface area (TPSA) is 42.4 Å². The molecule has 0 fully saturated rings. The van der Waals surface area contributed by atoms with E-state index in [2.05, 4.69) is 65.8 Å². The highest BCUT2D eigenvalue weighted by molar-refractivity contribution is 5.67. The van der Waals surface area contributed by atoms with Crippen LogP contribution >= 0.6 is 0 Å². The van der Waals surface area contributed by atoms with Crippen molar-refractivity contribution in [1.82, 2.24) is 4.98 Å². The number of methoxy groups -OCH3 is 1. The van der Waals surface area contributed by atoms with E-state index < -0.39 is 6.10 Å². The zero-order valence-corrected chi connectivity index (χ0v) is 17.8. The molecule has 1 N–H and O–H groups in total. The number of pyridine rings is 1. The Morgan fingerprint density at radius 2 is 1.59 bits per heavy atom. The van der Waals surface area contributed by atoms with Crippen LogP contribution in [0.5, 0.6) is 5.75 Å². The number of ether oxygens (including phenoxy) is 1. The molecule has 0 radical (unpaired) electrons. The Labute approximate surface area is 163 Å². The standard InChI is InChI=1S/C24H33NO2/c1-23(2,3)17-13-16(14-18(22(17)27-7)24(4,5)6)19-12-11-15-9-8-10-20(26)21(15)25-19/h11-14,20,26H,8-10H2,1-7H3. The van der Waals surface area contributed by atoms with Crippen LogP contribution in [0.25, 0.3) is 11.3 Å². The third-order valence-electron chi connectivity index (χ3n) is 5.46. The van der Waals surface area contributed by atoms with Crippen LogP contribution in [0.15, 0.2) is 24.3 Å². The molecule has 2 aromatic rings. The zero-order chi connectivity index (χ0) is 20.0. The Balaban J connectivity index is 2.23. The van der Waals surface area contributed by atoms with E-state index in [1.807, 2.05) is 0 Å². The summed E-state index contributed by atoms with van der Waals surface area (Å²) in [6.07, 6.45) is 2.38. The van der Waals surface area contributed by atoms with Gasteiger partial charge in [-0.2, -0.15) is 0 Å². The maximum absolute atomic E-state index is 10.4. The molecular weight excluding hydrogens is 334 g/mol. The second-order valence-electron chi connectivity index (χ2n) is 9.75. The van der Waals surface area contributed by atoms with E-state index in [0.717, 1.165) is 42.0 Å². The van der Waals surface area contributed by atoms with Gasteiger partial charge in [-0.1, -0.05) is 47.6 Å². The molecule has 0 spiro atoms. The maximum atomic E-state index is 10.4. The molecule has 0 aliphatic heterocycles. The van der Waals surface area contributed by atoms with E-state index in [1.54, 1.807) is 7.11 Å². The number of benzene rings is 1. The Morgan fingerprint density at radius 1 is 1.00 bits per heavy atom. The fourth-order valence-electron chi connectivity index (χ4n) is 3.90. The molecule has 1 atom stereocenters.